The second kappa shape index (κ2) is 8.73. The van der Waals surface area contributed by atoms with Crippen molar-refractivity contribution in [1.29, 1.82) is 0 Å². The van der Waals surface area contributed by atoms with Gasteiger partial charge in [-0.15, -0.1) is 0 Å². The van der Waals surface area contributed by atoms with E-state index in [2.05, 4.69) is 16.3 Å². The quantitative estimate of drug-likeness (QED) is 0.786. The van der Waals surface area contributed by atoms with Gasteiger partial charge in [0.2, 0.25) is 17.7 Å². The zero-order valence-corrected chi connectivity index (χ0v) is 17.0. The summed E-state index contributed by atoms with van der Waals surface area (Å²) < 4.78 is 0. The van der Waals surface area contributed by atoms with Crippen molar-refractivity contribution in [3.8, 4) is 0 Å². The monoisotopic (exact) mass is 386 g/mol. The van der Waals surface area contributed by atoms with Crippen LogP contribution in [0.5, 0.6) is 0 Å². The number of nitrogens with one attached hydrogen (secondary N) is 1. The topological polar surface area (TPSA) is 73.0 Å². The largest absolute Gasteiger partial charge is 0.352 e. The predicted molar refractivity (Wildman–Crippen MR) is 106 cm³/mol. The minimum absolute atomic E-state index is 0.0152. The highest BCUT2D eigenvalue weighted by Gasteiger charge is 2.41. The number of rotatable bonds is 6. The molecule has 2 aliphatic heterocycles. The molecule has 0 aromatic heterocycles. The molecule has 1 atom stereocenters. The molecule has 1 N–H and O–H groups in total. The number of hydrogen-bond donors (Lipinski definition) is 1. The first-order valence-electron chi connectivity index (χ1n) is 9.92. The van der Waals surface area contributed by atoms with Gasteiger partial charge < -0.3 is 20.0 Å². The van der Waals surface area contributed by atoms with Crippen molar-refractivity contribution in [1.82, 2.24) is 20.0 Å². The molecule has 0 unspecified atom stereocenters. The van der Waals surface area contributed by atoms with Crippen molar-refractivity contribution in [3.63, 3.8) is 0 Å². The standard InChI is InChI=1S/C21H30N4O3/c1-15(26)25-10-6-9-19(25)21(28)24-13-18(14-24)20(27)22-11-16-7-4-5-8-17(16)12-23(2)3/h4-5,7-8,18-19H,6,9-14H2,1-3H3,(H,22,27)/t19-/m1/s1. The molecule has 7 nitrogen and oxygen atoms in total. The molecule has 3 amide bonds. The normalized spacial score (nSPS) is 19.6. The fraction of sp³-hybridized carbons (Fsp3) is 0.571. The number of carbonyl (C=O) groups is 3. The Kier molecular flexibility index (Phi) is 6.34. The third-order valence-corrected chi connectivity index (χ3v) is 5.56. The van der Waals surface area contributed by atoms with E-state index in [9.17, 15) is 14.4 Å². The van der Waals surface area contributed by atoms with Crippen LogP contribution in [0.4, 0.5) is 0 Å². The summed E-state index contributed by atoms with van der Waals surface area (Å²) in [6.07, 6.45) is 1.58. The van der Waals surface area contributed by atoms with E-state index >= 15 is 0 Å². The molecule has 0 aliphatic carbocycles. The van der Waals surface area contributed by atoms with Crippen LogP contribution in [0.1, 0.15) is 30.9 Å². The molecule has 2 saturated heterocycles. The van der Waals surface area contributed by atoms with Gasteiger partial charge in [-0.25, -0.2) is 0 Å². The highest BCUT2D eigenvalue weighted by Crippen LogP contribution is 2.24. The summed E-state index contributed by atoms with van der Waals surface area (Å²) in [6, 6.07) is 7.75. The van der Waals surface area contributed by atoms with Gasteiger partial charge in [0.25, 0.3) is 0 Å². The molecule has 7 heteroatoms. The fourth-order valence-corrected chi connectivity index (χ4v) is 3.99. The van der Waals surface area contributed by atoms with Gasteiger partial charge in [0.15, 0.2) is 0 Å². The van der Waals surface area contributed by atoms with Crippen LogP contribution in [0, 0.1) is 5.92 Å². The molecule has 152 valence electrons. The summed E-state index contributed by atoms with van der Waals surface area (Å²) in [5, 5.41) is 3.01. The predicted octanol–water partition coefficient (Wildman–Crippen LogP) is 0.834. The lowest BCUT2D eigenvalue weighted by Crippen LogP contribution is -2.59. The molecular weight excluding hydrogens is 356 g/mol. The number of amides is 3. The molecule has 2 fully saturated rings. The van der Waals surface area contributed by atoms with E-state index in [1.54, 1.807) is 9.80 Å². The van der Waals surface area contributed by atoms with Crippen molar-refractivity contribution in [2.75, 3.05) is 33.7 Å². The van der Waals surface area contributed by atoms with E-state index in [4.69, 9.17) is 0 Å². The van der Waals surface area contributed by atoms with E-state index in [0.717, 1.165) is 18.5 Å². The first kappa shape index (κ1) is 20.3. The zero-order valence-electron chi connectivity index (χ0n) is 17.0. The Bertz CT molecular complexity index is 743. The van der Waals surface area contributed by atoms with Crippen molar-refractivity contribution in [2.45, 2.75) is 38.9 Å². The van der Waals surface area contributed by atoms with Gasteiger partial charge in [-0.05, 0) is 38.1 Å². The lowest BCUT2D eigenvalue weighted by molar-refractivity contribution is -0.150. The van der Waals surface area contributed by atoms with Gasteiger partial charge in [-0.2, -0.15) is 0 Å². The Balaban J connectivity index is 1.48. The Morgan fingerprint density at radius 2 is 1.82 bits per heavy atom. The van der Waals surface area contributed by atoms with Crippen LogP contribution in [0.3, 0.4) is 0 Å². The summed E-state index contributed by atoms with van der Waals surface area (Å²) in [5.41, 5.74) is 2.31. The van der Waals surface area contributed by atoms with Crippen LogP contribution in [0.25, 0.3) is 0 Å². The minimum Gasteiger partial charge on any atom is -0.352 e. The third kappa shape index (κ3) is 4.52. The number of carbonyl (C=O) groups excluding carboxylic acids is 3. The fourth-order valence-electron chi connectivity index (χ4n) is 3.99. The second-order valence-electron chi connectivity index (χ2n) is 8.03. The summed E-state index contributed by atoms with van der Waals surface area (Å²) in [7, 11) is 4.04. The number of hydrogen-bond acceptors (Lipinski definition) is 4. The maximum atomic E-state index is 12.6. The number of nitrogens with zero attached hydrogens (tertiary/aromatic N) is 3. The van der Waals surface area contributed by atoms with Crippen molar-refractivity contribution in [3.05, 3.63) is 35.4 Å². The smallest absolute Gasteiger partial charge is 0.245 e. The first-order valence-corrected chi connectivity index (χ1v) is 9.92. The third-order valence-electron chi connectivity index (χ3n) is 5.56. The van der Waals surface area contributed by atoms with Crippen LogP contribution in [-0.4, -0.2) is 72.2 Å². The van der Waals surface area contributed by atoms with Gasteiger partial charge in [-0.3, -0.25) is 14.4 Å². The van der Waals surface area contributed by atoms with Crippen molar-refractivity contribution < 1.29 is 14.4 Å². The van der Waals surface area contributed by atoms with Gasteiger partial charge in [0.1, 0.15) is 6.04 Å². The van der Waals surface area contributed by atoms with Crippen molar-refractivity contribution in [2.24, 2.45) is 5.92 Å². The van der Waals surface area contributed by atoms with Crippen LogP contribution in [0.2, 0.25) is 0 Å². The lowest BCUT2D eigenvalue weighted by atomic mass is 9.97. The molecule has 2 aliphatic rings. The van der Waals surface area contributed by atoms with Gasteiger partial charge in [-0.1, -0.05) is 24.3 Å². The second-order valence-corrected chi connectivity index (χ2v) is 8.03. The Labute approximate surface area is 166 Å². The van der Waals surface area contributed by atoms with Crippen LogP contribution >= 0.6 is 0 Å². The van der Waals surface area contributed by atoms with E-state index in [1.165, 1.54) is 12.5 Å². The highest BCUT2D eigenvalue weighted by atomic mass is 16.2. The molecule has 1 aromatic carbocycles. The van der Waals surface area contributed by atoms with Crippen LogP contribution < -0.4 is 5.32 Å². The van der Waals surface area contributed by atoms with Gasteiger partial charge in [0, 0.05) is 39.6 Å². The molecular formula is C21H30N4O3. The maximum absolute atomic E-state index is 12.6. The summed E-state index contributed by atoms with van der Waals surface area (Å²) in [5.74, 6) is -0.258. The highest BCUT2D eigenvalue weighted by molar-refractivity contribution is 5.90. The van der Waals surface area contributed by atoms with E-state index in [1.807, 2.05) is 32.3 Å². The number of benzene rings is 1. The van der Waals surface area contributed by atoms with Gasteiger partial charge >= 0.3 is 0 Å². The average Bonchev–Trinajstić information content (AvgIpc) is 3.09. The summed E-state index contributed by atoms with van der Waals surface area (Å²) >= 11 is 0. The van der Waals surface area contributed by atoms with E-state index < -0.39 is 0 Å². The maximum Gasteiger partial charge on any atom is 0.245 e. The Hall–Kier alpha value is -2.41. The molecule has 0 bridgehead atoms. The van der Waals surface area contributed by atoms with Crippen LogP contribution in [-0.2, 0) is 27.5 Å². The van der Waals surface area contributed by atoms with Crippen molar-refractivity contribution >= 4 is 17.7 Å². The van der Waals surface area contributed by atoms with Gasteiger partial charge in [0.05, 0.1) is 5.92 Å². The lowest BCUT2D eigenvalue weighted by Gasteiger charge is -2.40. The zero-order chi connectivity index (χ0) is 20.3. The number of likely N-dealkylation sites (tertiary alicyclic amines) is 2. The molecule has 0 spiro atoms. The molecule has 1 aromatic rings. The molecule has 2 heterocycles. The average molecular weight is 386 g/mol. The van der Waals surface area contributed by atoms with E-state index in [-0.39, 0.29) is 29.7 Å². The molecule has 28 heavy (non-hydrogen) atoms. The molecule has 0 saturated carbocycles. The van der Waals surface area contributed by atoms with E-state index in [0.29, 0.717) is 32.6 Å². The summed E-state index contributed by atoms with van der Waals surface area (Å²) in [6.45, 7) is 4.35. The SMILES string of the molecule is CC(=O)N1CCC[C@@H]1C(=O)N1CC(C(=O)NCc2ccccc2CN(C)C)C1. The minimum atomic E-state index is -0.348. The molecule has 0 radical (unpaired) electrons. The van der Waals surface area contributed by atoms with Crippen LogP contribution in [0.15, 0.2) is 24.3 Å². The first-order chi connectivity index (χ1) is 13.4. The summed E-state index contributed by atoms with van der Waals surface area (Å²) in [4.78, 5) is 42.2. The molecule has 3 rings (SSSR count). The Morgan fingerprint density at radius 3 is 2.46 bits per heavy atom. The Morgan fingerprint density at radius 1 is 1.14 bits per heavy atom.